The number of aromatic hydroxyl groups is 1. The number of fused-ring (bicyclic) bond motifs is 3. The average molecular weight is 490 g/mol. The number of phenols is 1. The number of carbonyl (C=O) groups is 2. The highest BCUT2D eigenvalue weighted by molar-refractivity contribution is 6.16. The zero-order valence-corrected chi connectivity index (χ0v) is 21.1. The number of ketones is 2. The van der Waals surface area contributed by atoms with Crippen LogP contribution in [0.3, 0.4) is 0 Å². The molecule has 5 aromatic rings. The second kappa shape index (κ2) is 10.8. The lowest BCUT2D eigenvalue weighted by molar-refractivity contribution is 0.0978. The van der Waals surface area contributed by atoms with Crippen molar-refractivity contribution < 1.29 is 14.7 Å². The molecule has 1 N–H and O–H groups in total. The standard InChI is InChI=1S/C33H31NO3/c1-2-3-4-5-9-12-32(36)24-15-19-30-28(21-24)29-22-25(33(37)23-13-17-27(35)18-14-23)16-20-31(29)34(30)26-10-7-6-8-11-26/h6-8,10-11,13-22,35H,2-5,9,12H2,1H3. The zero-order valence-electron chi connectivity index (χ0n) is 21.1. The van der Waals surface area contributed by atoms with Crippen LogP contribution in [0.5, 0.6) is 5.75 Å². The highest BCUT2D eigenvalue weighted by Gasteiger charge is 2.17. The molecule has 4 aromatic carbocycles. The van der Waals surface area contributed by atoms with Gasteiger partial charge in [0.1, 0.15) is 5.75 Å². The van der Waals surface area contributed by atoms with Crippen LogP contribution in [0.2, 0.25) is 0 Å². The second-order valence-corrected chi connectivity index (χ2v) is 9.60. The topological polar surface area (TPSA) is 59.3 Å². The summed E-state index contributed by atoms with van der Waals surface area (Å²) < 4.78 is 2.18. The van der Waals surface area contributed by atoms with E-state index in [2.05, 4.69) is 23.6 Å². The van der Waals surface area contributed by atoms with Gasteiger partial charge in [-0.1, -0.05) is 50.8 Å². The number of phenolic OH excluding ortho intramolecular Hbond substituents is 1. The van der Waals surface area contributed by atoms with Crippen molar-refractivity contribution in [1.29, 1.82) is 0 Å². The van der Waals surface area contributed by atoms with Crippen molar-refractivity contribution in [3.8, 4) is 11.4 Å². The fraction of sp³-hybridized carbons (Fsp3) is 0.212. The number of benzene rings is 4. The fourth-order valence-electron chi connectivity index (χ4n) is 5.01. The van der Waals surface area contributed by atoms with Crippen molar-refractivity contribution in [3.05, 3.63) is 108 Å². The maximum Gasteiger partial charge on any atom is 0.193 e. The van der Waals surface area contributed by atoms with Crippen molar-refractivity contribution in [1.82, 2.24) is 4.57 Å². The molecule has 0 radical (unpaired) electrons. The molecule has 4 heteroatoms. The van der Waals surface area contributed by atoms with Crippen LogP contribution in [0.4, 0.5) is 0 Å². The molecular weight excluding hydrogens is 458 g/mol. The first-order chi connectivity index (χ1) is 18.1. The molecule has 0 unspecified atom stereocenters. The van der Waals surface area contributed by atoms with Crippen LogP contribution in [0.15, 0.2) is 91.0 Å². The quantitative estimate of drug-likeness (QED) is 0.159. The summed E-state index contributed by atoms with van der Waals surface area (Å²) in [6, 6.07) is 28.1. The Labute approximate surface area is 217 Å². The van der Waals surface area contributed by atoms with Gasteiger partial charge in [-0.05, 0) is 79.2 Å². The van der Waals surface area contributed by atoms with Crippen molar-refractivity contribution >= 4 is 33.4 Å². The van der Waals surface area contributed by atoms with Gasteiger partial charge < -0.3 is 9.67 Å². The average Bonchev–Trinajstić information content (AvgIpc) is 3.26. The molecular formula is C33H31NO3. The molecule has 0 saturated carbocycles. The lowest BCUT2D eigenvalue weighted by atomic mass is 9.99. The van der Waals surface area contributed by atoms with E-state index in [1.165, 1.54) is 31.4 Å². The molecule has 4 nitrogen and oxygen atoms in total. The molecule has 186 valence electrons. The third kappa shape index (κ3) is 5.05. The predicted octanol–water partition coefficient (Wildman–Crippen LogP) is 8.26. The molecule has 1 aromatic heterocycles. The predicted molar refractivity (Wildman–Crippen MR) is 150 cm³/mol. The van der Waals surface area contributed by atoms with E-state index in [-0.39, 0.29) is 17.3 Å². The first-order valence-corrected chi connectivity index (χ1v) is 13.1. The summed E-state index contributed by atoms with van der Waals surface area (Å²) >= 11 is 0. The summed E-state index contributed by atoms with van der Waals surface area (Å²) in [6.45, 7) is 2.19. The number of Topliss-reactive ketones (excluding diaryl/α,β-unsaturated/α-hetero) is 1. The fourth-order valence-corrected chi connectivity index (χ4v) is 5.01. The highest BCUT2D eigenvalue weighted by atomic mass is 16.3. The molecule has 0 aliphatic heterocycles. The third-order valence-corrected chi connectivity index (χ3v) is 7.00. The van der Waals surface area contributed by atoms with E-state index in [9.17, 15) is 14.7 Å². The van der Waals surface area contributed by atoms with E-state index in [0.29, 0.717) is 23.1 Å². The highest BCUT2D eigenvalue weighted by Crippen LogP contribution is 2.34. The van der Waals surface area contributed by atoms with Gasteiger partial charge in [0.2, 0.25) is 0 Å². The van der Waals surface area contributed by atoms with Crippen LogP contribution >= 0.6 is 0 Å². The van der Waals surface area contributed by atoms with E-state index >= 15 is 0 Å². The summed E-state index contributed by atoms with van der Waals surface area (Å²) in [5.41, 5.74) is 4.80. The minimum atomic E-state index is -0.109. The molecule has 0 spiro atoms. The van der Waals surface area contributed by atoms with Crippen molar-refractivity contribution in [3.63, 3.8) is 0 Å². The molecule has 0 atom stereocenters. The molecule has 1 heterocycles. The van der Waals surface area contributed by atoms with Crippen LogP contribution in [-0.2, 0) is 0 Å². The number of aromatic nitrogens is 1. The molecule has 0 bridgehead atoms. The summed E-state index contributed by atoms with van der Waals surface area (Å²) in [6.07, 6.45) is 6.12. The van der Waals surface area contributed by atoms with Crippen molar-refractivity contribution in [2.24, 2.45) is 0 Å². The number of hydrogen-bond acceptors (Lipinski definition) is 3. The summed E-state index contributed by atoms with van der Waals surface area (Å²) in [7, 11) is 0. The van der Waals surface area contributed by atoms with Gasteiger partial charge in [0, 0.05) is 39.6 Å². The van der Waals surface area contributed by atoms with Gasteiger partial charge in [-0.25, -0.2) is 0 Å². The number of rotatable bonds is 10. The maximum atomic E-state index is 13.2. The van der Waals surface area contributed by atoms with E-state index < -0.39 is 0 Å². The second-order valence-electron chi connectivity index (χ2n) is 9.60. The number of carbonyl (C=O) groups excluding carboxylic acids is 2. The van der Waals surface area contributed by atoms with Gasteiger partial charge in [-0.2, -0.15) is 0 Å². The van der Waals surface area contributed by atoms with E-state index in [4.69, 9.17) is 0 Å². The minimum absolute atomic E-state index is 0.109. The van der Waals surface area contributed by atoms with Gasteiger partial charge in [-0.3, -0.25) is 9.59 Å². The Bertz CT molecular complexity index is 1560. The number of unbranched alkanes of at least 4 members (excludes halogenated alkanes) is 4. The molecule has 0 aliphatic carbocycles. The SMILES string of the molecule is CCCCCCCC(=O)c1ccc2c(c1)c1cc(C(=O)c3ccc(O)cc3)ccc1n2-c1ccccc1. The maximum absolute atomic E-state index is 13.2. The van der Waals surface area contributed by atoms with Crippen LogP contribution in [-0.4, -0.2) is 21.2 Å². The van der Waals surface area contributed by atoms with Crippen molar-refractivity contribution in [2.75, 3.05) is 0 Å². The molecule has 0 fully saturated rings. The van der Waals surface area contributed by atoms with Crippen molar-refractivity contribution in [2.45, 2.75) is 45.4 Å². The van der Waals surface area contributed by atoms with E-state index in [0.717, 1.165) is 40.3 Å². The molecule has 0 aliphatic rings. The van der Waals surface area contributed by atoms with Gasteiger partial charge in [0.15, 0.2) is 11.6 Å². The Hall–Kier alpha value is -4.18. The largest absolute Gasteiger partial charge is 0.508 e. The Morgan fingerprint density at radius 2 is 1.27 bits per heavy atom. The number of nitrogens with zero attached hydrogens (tertiary/aromatic N) is 1. The van der Waals surface area contributed by atoms with E-state index in [1.807, 2.05) is 54.6 Å². The van der Waals surface area contributed by atoms with Crippen LogP contribution in [0, 0.1) is 0 Å². The monoisotopic (exact) mass is 489 g/mol. The Kier molecular flexibility index (Phi) is 7.18. The molecule has 37 heavy (non-hydrogen) atoms. The molecule has 0 amide bonds. The smallest absolute Gasteiger partial charge is 0.193 e. The van der Waals surface area contributed by atoms with E-state index in [1.54, 1.807) is 12.1 Å². The molecule has 5 rings (SSSR count). The lowest BCUT2D eigenvalue weighted by Crippen LogP contribution is -2.01. The van der Waals surface area contributed by atoms with Gasteiger partial charge in [-0.15, -0.1) is 0 Å². The third-order valence-electron chi connectivity index (χ3n) is 7.00. The Balaban J connectivity index is 1.59. The summed E-state index contributed by atoms with van der Waals surface area (Å²) in [4.78, 5) is 26.3. The summed E-state index contributed by atoms with van der Waals surface area (Å²) in [5.74, 6) is 0.178. The van der Waals surface area contributed by atoms with Crippen LogP contribution in [0.25, 0.3) is 27.5 Å². The minimum Gasteiger partial charge on any atom is -0.508 e. The zero-order chi connectivity index (χ0) is 25.8. The molecule has 0 saturated heterocycles. The number of para-hydroxylation sites is 1. The Morgan fingerprint density at radius 1 is 0.676 bits per heavy atom. The van der Waals surface area contributed by atoms with Gasteiger partial charge >= 0.3 is 0 Å². The van der Waals surface area contributed by atoms with Gasteiger partial charge in [0.25, 0.3) is 0 Å². The first kappa shape index (κ1) is 24.5. The van der Waals surface area contributed by atoms with Crippen LogP contribution < -0.4 is 0 Å². The van der Waals surface area contributed by atoms with Gasteiger partial charge in [0.05, 0.1) is 11.0 Å². The summed E-state index contributed by atoms with van der Waals surface area (Å²) in [5, 5.41) is 11.5. The lowest BCUT2D eigenvalue weighted by Gasteiger charge is -2.08. The van der Waals surface area contributed by atoms with Crippen LogP contribution in [0.1, 0.15) is 71.7 Å². The first-order valence-electron chi connectivity index (χ1n) is 13.1. The number of hydrogen-bond donors (Lipinski definition) is 1. The normalized spacial score (nSPS) is 11.3. The Morgan fingerprint density at radius 3 is 1.95 bits per heavy atom.